The zero-order chi connectivity index (χ0) is 18.8. The number of likely N-dealkylation sites (N-methyl/N-ethyl adjacent to an activating group) is 1. The van der Waals surface area contributed by atoms with Crippen LogP contribution < -0.4 is 15.0 Å². The van der Waals surface area contributed by atoms with Crippen molar-refractivity contribution in [3.05, 3.63) is 24.3 Å². The van der Waals surface area contributed by atoms with Crippen LogP contribution in [-0.4, -0.2) is 56.5 Å². The molecule has 0 saturated carbocycles. The minimum atomic E-state index is -0.0874. The van der Waals surface area contributed by atoms with Gasteiger partial charge in [0.2, 0.25) is 0 Å². The van der Waals surface area contributed by atoms with E-state index in [1.54, 1.807) is 13.2 Å². The summed E-state index contributed by atoms with van der Waals surface area (Å²) in [6, 6.07) is 7.29. The van der Waals surface area contributed by atoms with Crippen LogP contribution in [0.25, 0.3) is 0 Å². The highest BCUT2D eigenvalue weighted by Gasteiger charge is 2.21. The molecule has 1 fully saturated rings. The fourth-order valence-corrected chi connectivity index (χ4v) is 3.27. The fourth-order valence-electron chi connectivity index (χ4n) is 3.27. The Bertz CT molecular complexity index is 583. The number of carbonyl (C=O) groups is 2. The number of methoxy groups -OCH3 is 1. The molecule has 0 bridgehead atoms. The van der Waals surface area contributed by atoms with E-state index in [1.165, 1.54) is 19.3 Å². The number of hydrogen-bond donors (Lipinski definition) is 2. The van der Waals surface area contributed by atoms with Crippen molar-refractivity contribution >= 4 is 17.5 Å². The fraction of sp³-hybridized carbons (Fsp3) is 0.600. The second-order valence-corrected chi connectivity index (χ2v) is 6.89. The zero-order valence-corrected chi connectivity index (χ0v) is 16.1. The molecule has 6 nitrogen and oxygen atoms in total. The molecule has 0 aliphatic carbocycles. The minimum Gasteiger partial charge on any atom is -0.497 e. The van der Waals surface area contributed by atoms with Gasteiger partial charge in [-0.25, -0.2) is 0 Å². The van der Waals surface area contributed by atoms with Gasteiger partial charge in [-0.05, 0) is 31.9 Å². The first-order valence-corrected chi connectivity index (χ1v) is 9.67. The van der Waals surface area contributed by atoms with Gasteiger partial charge < -0.3 is 19.9 Å². The van der Waals surface area contributed by atoms with Crippen molar-refractivity contribution in [3.8, 4) is 5.75 Å². The van der Waals surface area contributed by atoms with Crippen molar-refractivity contribution in [1.82, 2.24) is 4.90 Å². The predicted octanol–water partition coefficient (Wildman–Crippen LogP) is 1.33. The molecule has 1 atom stereocenters. The summed E-state index contributed by atoms with van der Waals surface area (Å²) in [5.41, 5.74) is 0.708. The van der Waals surface area contributed by atoms with Crippen molar-refractivity contribution in [3.63, 3.8) is 0 Å². The van der Waals surface area contributed by atoms with E-state index in [9.17, 15) is 9.59 Å². The lowest BCUT2D eigenvalue weighted by atomic mass is 10.1. The lowest BCUT2D eigenvalue weighted by Gasteiger charge is -2.26. The largest absolute Gasteiger partial charge is 0.497 e. The quantitative estimate of drug-likeness (QED) is 0.769. The summed E-state index contributed by atoms with van der Waals surface area (Å²) in [5, 5.41) is 2.89. The highest BCUT2D eigenvalue weighted by molar-refractivity contribution is 5.91. The second kappa shape index (κ2) is 10.8. The number of amides is 2. The van der Waals surface area contributed by atoms with E-state index in [2.05, 4.69) is 5.32 Å². The van der Waals surface area contributed by atoms with Gasteiger partial charge in [-0.15, -0.1) is 0 Å². The minimum absolute atomic E-state index is 0.0874. The number of ether oxygens (including phenoxy) is 1. The molecule has 1 unspecified atom stereocenters. The molecule has 0 aromatic heterocycles. The number of quaternary nitrogens is 1. The van der Waals surface area contributed by atoms with Crippen LogP contribution in [0.4, 0.5) is 5.69 Å². The number of rotatable bonds is 7. The number of carbonyl (C=O) groups excluding carboxylic acids is 2. The number of anilines is 1. The number of likely N-dealkylation sites (tertiary alicyclic amines) is 1. The Hall–Kier alpha value is -2.08. The summed E-state index contributed by atoms with van der Waals surface area (Å²) in [6.45, 7) is 5.12. The van der Waals surface area contributed by atoms with E-state index < -0.39 is 0 Å². The molecule has 2 N–H and O–H groups in total. The lowest BCUT2D eigenvalue weighted by molar-refractivity contribution is -0.882. The molecule has 1 saturated heterocycles. The third kappa shape index (κ3) is 6.67. The van der Waals surface area contributed by atoms with Crippen LogP contribution >= 0.6 is 0 Å². The molecule has 1 aliphatic heterocycles. The van der Waals surface area contributed by atoms with Crippen LogP contribution in [0.5, 0.6) is 5.75 Å². The van der Waals surface area contributed by atoms with Gasteiger partial charge in [-0.2, -0.15) is 0 Å². The lowest BCUT2D eigenvalue weighted by Crippen LogP contribution is -3.14. The third-order valence-corrected chi connectivity index (χ3v) is 4.87. The van der Waals surface area contributed by atoms with Crippen molar-refractivity contribution in [2.24, 2.45) is 0 Å². The molecule has 26 heavy (non-hydrogen) atoms. The predicted molar refractivity (Wildman–Crippen MR) is 103 cm³/mol. The smallest absolute Gasteiger partial charge is 0.279 e. The summed E-state index contributed by atoms with van der Waals surface area (Å²) in [5.74, 6) is 0.781. The van der Waals surface area contributed by atoms with Crippen LogP contribution in [0, 0.1) is 0 Å². The van der Waals surface area contributed by atoms with Gasteiger partial charge in [-0.1, -0.05) is 25.3 Å². The van der Waals surface area contributed by atoms with Gasteiger partial charge >= 0.3 is 0 Å². The van der Waals surface area contributed by atoms with Gasteiger partial charge in [-0.3, -0.25) is 9.59 Å². The van der Waals surface area contributed by atoms with E-state index in [1.807, 2.05) is 30.0 Å². The first kappa shape index (κ1) is 20.2. The Kier molecular flexibility index (Phi) is 8.41. The van der Waals surface area contributed by atoms with Gasteiger partial charge in [0.1, 0.15) is 5.75 Å². The van der Waals surface area contributed by atoms with Crippen LogP contribution in [-0.2, 0) is 9.59 Å². The van der Waals surface area contributed by atoms with E-state index in [0.29, 0.717) is 18.0 Å². The van der Waals surface area contributed by atoms with E-state index in [-0.39, 0.29) is 18.4 Å². The van der Waals surface area contributed by atoms with E-state index in [0.717, 1.165) is 37.4 Å². The first-order chi connectivity index (χ1) is 12.6. The normalized spacial score (nSPS) is 16.3. The van der Waals surface area contributed by atoms with Crippen molar-refractivity contribution in [2.45, 2.75) is 39.0 Å². The molecular formula is C20H32N3O3+. The average Bonchev–Trinajstić information content (AvgIpc) is 2.60. The van der Waals surface area contributed by atoms with Gasteiger partial charge in [0.25, 0.3) is 11.8 Å². The molecule has 0 spiro atoms. The molecule has 144 valence electrons. The topological polar surface area (TPSA) is 63.1 Å². The molecule has 1 aromatic rings. The van der Waals surface area contributed by atoms with Crippen molar-refractivity contribution < 1.29 is 19.2 Å². The highest BCUT2D eigenvalue weighted by Crippen LogP contribution is 2.16. The summed E-state index contributed by atoms with van der Waals surface area (Å²) >= 11 is 0. The molecule has 1 aliphatic rings. The summed E-state index contributed by atoms with van der Waals surface area (Å²) in [4.78, 5) is 27.9. The monoisotopic (exact) mass is 362 g/mol. The Morgan fingerprint density at radius 2 is 1.81 bits per heavy atom. The van der Waals surface area contributed by atoms with Gasteiger partial charge in [0, 0.05) is 24.8 Å². The number of nitrogens with zero attached hydrogens (tertiary/aromatic N) is 1. The van der Waals surface area contributed by atoms with Gasteiger partial charge in [0.05, 0.1) is 13.7 Å². The SMILES string of the molecule is CC[NH+](CC(=O)Nc1cccc(OC)c1)CC(=O)N1CCCCCCC1. The first-order valence-electron chi connectivity index (χ1n) is 9.67. The Morgan fingerprint density at radius 3 is 2.46 bits per heavy atom. The Balaban J connectivity index is 1.84. The highest BCUT2D eigenvalue weighted by atomic mass is 16.5. The molecule has 1 heterocycles. The summed E-state index contributed by atoms with van der Waals surface area (Å²) in [7, 11) is 1.60. The Labute approximate surface area is 156 Å². The van der Waals surface area contributed by atoms with Crippen LogP contribution in [0.15, 0.2) is 24.3 Å². The molecule has 2 amide bonds. The van der Waals surface area contributed by atoms with Crippen LogP contribution in [0.3, 0.4) is 0 Å². The van der Waals surface area contributed by atoms with Gasteiger partial charge in [0.15, 0.2) is 13.1 Å². The maximum atomic E-state index is 12.6. The standard InChI is InChI=1S/C20H31N3O3/c1-3-22(16-20(25)23-12-7-5-4-6-8-13-23)15-19(24)21-17-10-9-11-18(14-17)26-2/h9-11,14H,3-8,12-13,15-16H2,1-2H3,(H,21,24)/p+1. The zero-order valence-electron chi connectivity index (χ0n) is 16.1. The summed E-state index contributed by atoms with van der Waals surface area (Å²) in [6.07, 6.45) is 5.86. The maximum absolute atomic E-state index is 12.6. The molecule has 0 radical (unpaired) electrons. The van der Waals surface area contributed by atoms with Crippen LogP contribution in [0.2, 0.25) is 0 Å². The van der Waals surface area contributed by atoms with Crippen molar-refractivity contribution in [1.29, 1.82) is 0 Å². The Morgan fingerprint density at radius 1 is 1.12 bits per heavy atom. The maximum Gasteiger partial charge on any atom is 0.279 e. The molecular weight excluding hydrogens is 330 g/mol. The van der Waals surface area contributed by atoms with E-state index >= 15 is 0 Å². The van der Waals surface area contributed by atoms with E-state index in [4.69, 9.17) is 4.74 Å². The van der Waals surface area contributed by atoms with Crippen molar-refractivity contribution in [2.75, 3.05) is 45.2 Å². The molecule has 2 rings (SSSR count). The number of benzene rings is 1. The molecule has 6 heteroatoms. The average molecular weight is 362 g/mol. The second-order valence-electron chi connectivity index (χ2n) is 6.89. The third-order valence-electron chi connectivity index (χ3n) is 4.87. The number of hydrogen-bond acceptors (Lipinski definition) is 3. The number of nitrogens with one attached hydrogen (secondary N) is 2. The summed E-state index contributed by atoms with van der Waals surface area (Å²) < 4.78 is 5.17. The molecule has 1 aromatic carbocycles. The van der Waals surface area contributed by atoms with Crippen LogP contribution in [0.1, 0.15) is 39.0 Å².